The van der Waals surface area contributed by atoms with Crippen molar-refractivity contribution in [3.05, 3.63) is 64.9 Å². The van der Waals surface area contributed by atoms with Gasteiger partial charge in [-0.15, -0.1) is 0 Å². The SMILES string of the molecule is CC(NCCn1cnc2ccccc21)c1ccc(Br)cc1. The monoisotopic (exact) mass is 343 g/mol. The summed E-state index contributed by atoms with van der Waals surface area (Å²) >= 11 is 3.47. The lowest BCUT2D eigenvalue weighted by Gasteiger charge is -2.15. The van der Waals surface area contributed by atoms with Crippen molar-refractivity contribution in [1.29, 1.82) is 0 Å². The highest BCUT2D eigenvalue weighted by molar-refractivity contribution is 9.10. The van der Waals surface area contributed by atoms with Crippen LogP contribution in [-0.4, -0.2) is 16.1 Å². The molecule has 0 bridgehead atoms. The van der Waals surface area contributed by atoms with E-state index in [0.717, 1.165) is 23.1 Å². The molecular formula is C17H18BrN3. The summed E-state index contributed by atoms with van der Waals surface area (Å²) in [7, 11) is 0. The highest BCUT2D eigenvalue weighted by Crippen LogP contribution is 2.16. The number of fused-ring (bicyclic) bond motifs is 1. The first-order valence-electron chi connectivity index (χ1n) is 7.13. The van der Waals surface area contributed by atoms with Crippen molar-refractivity contribution in [3.8, 4) is 0 Å². The molecule has 1 heterocycles. The Morgan fingerprint density at radius 3 is 2.71 bits per heavy atom. The fourth-order valence-electron chi connectivity index (χ4n) is 2.46. The van der Waals surface area contributed by atoms with Gasteiger partial charge < -0.3 is 9.88 Å². The molecule has 0 amide bonds. The summed E-state index contributed by atoms with van der Waals surface area (Å²) in [5.41, 5.74) is 3.54. The molecule has 2 aromatic carbocycles. The average molecular weight is 344 g/mol. The van der Waals surface area contributed by atoms with Gasteiger partial charge in [0, 0.05) is 23.6 Å². The van der Waals surface area contributed by atoms with E-state index in [1.54, 1.807) is 0 Å². The minimum Gasteiger partial charge on any atom is -0.329 e. The van der Waals surface area contributed by atoms with Gasteiger partial charge in [0.1, 0.15) is 0 Å². The van der Waals surface area contributed by atoms with E-state index in [1.807, 2.05) is 18.5 Å². The van der Waals surface area contributed by atoms with E-state index in [1.165, 1.54) is 11.1 Å². The molecule has 0 aliphatic rings. The summed E-state index contributed by atoms with van der Waals surface area (Å²) in [5.74, 6) is 0. The molecule has 0 saturated heterocycles. The molecule has 1 N–H and O–H groups in total. The molecule has 4 heteroatoms. The molecule has 3 nitrogen and oxygen atoms in total. The molecule has 3 rings (SSSR count). The van der Waals surface area contributed by atoms with E-state index in [0.29, 0.717) is 6.04 Å². The Morgan fingerprint density at radius 2 is 1.90 bits per heavy atom. The molecule has 0 aliphatic heterocycles. The summed E-state index contributed by atoms with van der Waals surface area (Å²) in [4.78, 5) is 4.41. The van der Waals surface area contributed by atoms with Gasteiger partial charge in [0.05, 0.1) is 17.4 Å². The van der Waals surface area contributed by atoms with Crippen molar-refractivity contribution in [2.45, 2.75) is 19.5 Å². The van der Waals surface area contributed by atoms with Crippen LogP contribution in [0.25, 0.3) is 11.0 Å². The Bertz CT molecular complexity index is 718. The van der Waals surface area contributed by atoms with Crippen molar-refractivity contribution in [2.24, 2.45) is 0 Å². The highest BCUT2D eigenvalue weighted by Gasteiger charge is 2.05. The first-order chi connectivity index (χ1) is 10.2. The Kier molecular flexibility index (Phi) is 4.36. The van der Waals surface area contributed by atoms with E-state index in [2.05, 4.69) is 74.1 Å². The van der Waals surface area contributed by atoms with E-state index >= 15 is 0 Å². The van der Waals surface area contributed by atoms with Gasteiger partial charge >= 0.3 is 0 Å². The minimum atomic E-state index is 0.341. The normalized spacial score (nSPS) is 12.7. The zero-order valence-corrected chi connectivity index (χ0v) is 13.5. The van der Waals surface area contributed by atoms with Gasteiger partial charge in [0.25, 0.3) is 0 Å². The van der Waals surface area contributed by atoms with Crippen molar-refractivity contribution in [2.75, 3.05) is 6.54 Å². The van der Waals surface area contributed by atoms with Gasteiger partial charge in [-0.2, -0.15) is 0 Å². The van der Waals surface area contributed by atoms with Gasteiger partial charge in [0.15, 0.2) is 0 Å². The van der Waals surface area contributed by atoms with E-state index in [4.69, 9.17) is 0 Å². The second-order valence-corrected chi connectivity index (χ2v) is 6.07. The Hall–Kier alpha value is -1.65. The predicted octanol–water partition coefficient (Wildman–Crippen LogP) is 4.15. The topological polar surface area (TPSA) is 29.9 Å². The number of rotatable bonds is 5. The number of hydrogen-bond donors (Lipinski definition) is 1. The number of hydrogen-bond acceptors (Lipinski definition) is 2. The number of halogens is 1. The number of aromatic nitrogens is 2. The third-order valence-electron chi connectivity index (χ3n) is 3.70. The second kappa shape index (κ2) is 6.41. The van der Waals surface area contributed by atoms with Crippen LogP contribution in [-0.2, 0) is 6.54 Å². The lowest BCUT2D eigenvalue weighted by atomic mass is 10.1. The molecule has 1 atom stereocenters. The van der Waals surface area contributed by atoms with Crippen LogP contribution in [0.5, 0.6) is 0 Å². The fourth-order valence-corrected chi connectivity index (χ4v) is 2.72. The van der Waals surface area contributed by atoms with E-state index in [9.17, 15) is 0 Å². The van der Waals surface area contributed by atoms with Crippen LogP contribution in [0.15, 0.2) is 59.3 Å². The summed E-state index contributed by atoms with van der Waals surface area (Å²) in [6.45, 7) is 4.02. The molecule has 108 valence electrons. The molecule has 0 aliphatic carbocycles. The molecular weight excluding hydrogens is 326 g/mol. The minimum absolute atomic E-state index is 0.341. The quantitative estimate of drug-likeness (QED) is 0.754. The number of para-hydroxylation sites is 2. The summed E-state index contributed by atoms with van der Waals surface area (Å²) in [6, 6.07) is 17.0. The maximum atomic E-state index is 4.41. The third kappa shape index (κ3) is 3.34. The first kappa shape index (κ1) is 14.3. The van der Waals surface area contributed by atoms with Gasteiger partial charge in [0.2, 0.25) is 0 Å². The maximum absolute atomic E-state index is 4.41. The van der Waals surface area contributed by atoms with E-state index in [-0.39, 0.29) is 0 Å². The smallest absolute Gasteiger partial charge is 0.0958 e. The first-order valence-corrected chi connectivity index (χ1v) is 7.92. The molecule has 0 saturated carbocycles. The Morgan fingerprint density at radius 1 is 1.14 bits per heavy atom. The fraction of sp³-hybridized carbons (Fsp3) is 0.235. The van der Waals surface area contributed by atoms with Crippen LogP contribution in [0.1, 0.15) is 18.5 Å². The van der Waals surface area contributed by atoms with Crippen LogP contribution in [0.3, 0.4) is 0 Å². The molecule has 3 aromatic rings. The largest absolute Gasteiger partial charge is 0.329 e. The molecule has 0 fully saturated rings. The number of imidazole rings is 1. The molecule has 0 spiro atoms. The molecule has 1 unspecified atom stereocenters. The number of nitrogens with zero attached hydrogens (tertiary/aromatic N) is 2. The lowest BCUT2D eigenvalue weighted by Crippen LogP contribution is -2.23. The van der Waals surface area contributed by atoms with Crippen LogP contribution in [0.2, 0.25) is 0 Å². The Labute approximate surface area is 133 Å². The van der Waals surface area contributed by atoms with Gasteiger partial charge in [-0.25, -0.2) is 4.98 Å². The van der Waals surface area contributed by atoms with Crippen molar-refractivity contribution in [3.63, 3.8) is 0 Å². The van der Waals surface area contributed by atoms with Crippen LogP contribution >= 0.6 is 15.9 Å². The van der Waals surface area contributed by atoms with Crippen molar-refractivity contribution < 1.29 is 0 Å². The summed E-state index contributed by atoms with van der Waals surface area (Å²) < 4.78 is 3.31. The van der Waals surface area contributed by atoms with Crippen molar-refractivity contribution in [1.82, 2.24) is 14.9 Å². The van der Waals surface area contributed by atoms with Crippen LogP contribution in [0.4, 0.5) is 0 Å². The lowest BCUT2D eigenvalue weighted by molar-refractivity contribution is 0.536. The van der Waals surface area contributed by atoms with Crippen LogP contribution < -0.4 is 5.32 Å². The summed E-state index contributed by atoms with van der Waals surface area (Å²) in [5, 5.41) is 3.56. The van der Waals surface area contributed by atoms with Crippen LogP contribution in [0, 0.1) is 0 Å². The maximum Gasteiger partial charge on any atom is 0.0958 e. The zero-order chi connectivity index (χ0) is 14.7. The third-order valence-corrected chi connectivity index (χ3v) is 4.23. The van der Waals surface area contributed by atoms with E-state index < -0.39 is 0 Å². The summed E-state index contributed by atoms with van der Waals surface area (Å²) in [6.07, 6.45) is 1.91. The number of nitrogens with one attached hydrogen (secondary N) is 1. The van der Waals surface area contributed by atoms with Gasteiger partial charge in [-0.3, -0.25) is 0 Å². The van der Waals surface area contributed by atoms with Crippen molar-refractivity contribution >= 4 is 27.0 Å². The average Bonchev–Trinajstić information content (AvgIpc) is 2.91. The number of benzene rings is 2. The Balaban J connectivity index is 1.59. The zero-order valence-electron chi connectivity index (χ0n) is 12.0. The molecule has 1 aromatic heterocycles. The van der Waals surface area contributed by atoms with Gasteiger partial charge in [-0.1, -0.05) is 40.2 Å². The molecule has 21 heavy (non-hydrogen) atoms. The molecule has 0 radical (unpaired) electrons. The predicted molar refractivity (Wildman–Crippen MR) is 90.3 cm³/mol. The standard InChI is InChI=1S/C17H18BrN3/c1-13(14-6-8-15(18)9-7-14)19-10-11-21-12-20-16-4-2-3-5-17(16)21/h2-9,12-13,19H,10-11H2,1H3. The second-order valence-electron chi connectivity index (χ2n) is 5.15. The highest BCUT2D eigenvalue weighted by atomic mass is 79.9. The van der Waals surface area contributed by atoms with Gasteiger partial charge in [-0.05, 0) is 36.8 Å².